The highest BCUT2D eigenvalue weighted by Gasteiger charge is 2.50. The Kier molecular flexibility index (Phi) is 7.81. The van der Waals surface area contributed by atoms with E-state index < -0.39 is 14.1 Å². The van der Waals surface area contributed by atoms with E-state index in [-0.39, 0.29) is 29.1 Å². The lowest BCUT2D eigenvalue weighted by Crippen LogP contribution is -2.43. The highest BCUT2D eigenvalue weighted by atomic mass is 28.4. The van der Waals surface area contributed by atoms with Crippen LogP contribution < -0.4 is 4.43 Å². The van der Waals surface area contributed by atoms with E-state index in [0.717, 1.165) is 25.0 Å². The second kappa shape index (κ2) is 9.93. The second-order valence-corrected chi connectivity index (χ2v) is 16.1. The number of rotatable bonds is 8. The molecule has 1 saturated carbocycles. The molecule has 2 fully saturated rings. The topological polar surface area (TPSA) is 54.0 Å². The van der Waals surface area contributed by atoms with E-state index in [9.17, 15) is 4.79 Å². The van der Waals surface area contributed by atoms with Crippen molar-refractivity contribution in [3.63, 3.8) is 0 Å². The number of benzene rings is 1. The number of aryl methyl sites for hydroxylation is 1. The molecule has 0 N–H and O–H groups in total. The van der Waals surface area contributed by atoms with Crippen molar-refractivity contribution in [2.24, 2.45) is 5.92 Å². The summed E-state index contributed by atoms with van der Waals surface area (Å²) in [6, 6.07) is 8.34. The molecule has 3 atom stereocenters. The Balaban J connectivity index is 1.39. The van der Waals surface area contributed by atoms with Crippen LogP contribution in [0.3, 0.4) is 0 Å². The standard InChI is InChI=1S/C27H42O5Si/c1-9-22-20(17-23-25(22)31-27(5,6)30-23)18-24(28)29-16-10-11-19-12-14-21(15-13-19)32-33(7,8)26(2,3)4/h9,12-15,20,23,25H,10-11,16-18H2,1-8H3/b22-9+/t20-,23+,25-/m0/s1. The summed E-state index contributed by atoms with van der Waals surface area (Å²) in [6.07, 6.45) is 4.95. The maximum Gasteiger partial charge on any atom is 0.306 e. The number of fused-ring (bicyclic) bond motifs is 1. The summed E-state index contributed by atoms with van der Waals surface area (Å²) in [5.74, 6) is 0.386. The van der Waals surface area contributed by atoms with E-state index in [0.29, 0.717) is 13.0 Å². The summed E-state index contributed by atoms with van der Waals surface area (Å²) >= 11 is 0. The quantitative estimate of drug-likeness (QED) is 0.188. The molecule has 1 heterocycles. The number of hydrogen-bond donors (Lipinski definition) is 0. The van der Waals surface area contributed by atoms with Crippen molar-refractivity contribution in [3.8, 4) is 5.75 Å². The molecule has 184 valence electrons. The van der Waals surface area contributed by atoms with Crippen molar-refractivity contribution in [1.29, 1.82) is 0 Å². The van der Waals surface area contributed by atoms with Gasteiger partial charge in [-0.1, -0.05) is 39.0 Å². The lowest BCUT2D eigenvalue weighted by Gasteiger charge is -2.36. The van der Waals surface area contributed by atoms with Crippen molar-refractivity contribution < 1.29 is 23.4 Å². The summed E-state index contributed by atoms with van der Waals surface area (Å²) in [5.41, 5.74) is 2.40. The lowest BCUT2D eigenvalue weighted by atomic mass is 9.98. The fraction of sp³-hybridized carbons (Fsp3) is 0.667. The van der Waals surface area contributed by atoms with Crippen molar-refractivity contribution in [3.05, 3.63) is 41.5 Å². The minimum atomic E-state index is -1.82. The van der Waals surface area contributed by atoms with Gasteiger partial charge in [-0.2, -0.15) is 0 Å². The van der Waals surface area contributed by atoms with E-state index >= 15 is 0 Å². The molecule has 5 nitrogen and oxygen atoms in total. The average molecular weight is 475 g/mol. The molecule has 3 rings (SSSR count). The Labute approximate surface area is 201 Å². The first kappa shape index (κ1) is 26.0. The zero-order chi connectivity index (χ0) is 24.4. The SMILES string of the molecule is C/C=C1\[C@H](CC(=O)OCCCc2ccc(O[Si](C)(C)C(C)(C)C)cc2)C[C@H]2OC(C)(C)O[C@@H]12. The zero-order valence-electron chi connectivity index (χ0n) is 21.7. The van der Waals surface area contributed by atoms with Gasteiger partial charge in [0.25, 0.3) is 0 Å². The molecule has 6 heteroatoms. The molecule has 1 aliphatic heterocycles. The van der Waals surface area contributed by atoms with Crippen LogP contribution in [0, 0.1) is 5.92 Å². The smallest absolute Gasteiger partial charge is 0.306 e. The first-order chi connectivity index (χ1) is 15.3. The number of carbonyl (C=O) groups is 1. The molecule has 0 unspecified atom stereocenters. The minimum Gasteiger partial charge on any atom is -0.544 e. The maximum atomic E-state index is 12.4. The van der Waals surface area contributed by atoms with Crippen LogP contribution in [-0.2, 0) is 25.4 Å². The van der Waals surface area contributed by atoms with Crippen LogP contribution in [0.15, 0.2) is 35.9 Å². The predicted molar refractivity (Wildman–Crippen MR) is 134 cm³/mol. The molecule has 1 aliphatic carbocycles. The second-order valence-electron chi connectivity index (χ2n) is 11.4. The fourth-order valence-electron chi connectivity index (χ4n) is 4.43. The van der Waals surface area contributed by atoms with Gasteiger partial charge in [-0.05, 0) is 87.4 Å². The molecule has 0 bridgehead atoms. The van der Waals surface area contributed by atoms with E-state index in [1.165, 1.54) is 11.1 Å². The third-order valence-corrected chi connectivity index (χ3v) is 11.6. The van der Waals surface area contributed by atoms with Crippen molar-refractivity contribution in [2.45, 2.75) is 103 Å². The van der Waals surface area contributed by atoms with E-state index in [1.807, 2.05) is 20.8 Å². The molecule has 2 aliphatic rings. The zero-order valence-corrected chi connectivity index (χ0v) is 22.7. The van der Waals surface area contributed by atoms with E-state index in [2.05, 4.69) is 64.2 Å². The van der Waals surface area contributed by atoms with Gasteiger partial charge in [-0.3, -0.25) is 4.79 Å². The Morgan fingerprint density at radius 3 is 2.45 bits per heavy atom. The Bertz CT molecular complexity index is 850. The Hall–Kier alpha value is -1.63. The van der Waals surface area contributed by atoms with Crippen LogP contribution in [0.2, 0.25) is 18.1 Å². The normalized spacial score (nSPS) is 25.8. The molecular weight excluding hydrogens is 432 g/mol. The first-order valence-corrected chi connectivity index (χ1v) is 15.2. The van der Waals surface area contributed by atoms with Crippen LogP contribution in [0.5, 0.6) is 5.75 Å². The van der Waals surface area contributed by atoms with Gasteiger partial charge in [0.1, 0.15) is 11.9 Å². The molecule has 0 aromatic heterocycles. The highest BCUT2D eigenvalue weighted by Crippen LogP contribution is 2.45. The third kappa shape index (κ3) is 6.49. The van der Waals surface area contributed by atoms with Gasteiger partial charge in [-0.15, -0.1) is 0 Å². The first-order valence-electron chi connectivity index (χ1n) is 12.3. The summed E-state index contributed by atoms with van der Waals surface area (Å²) in [5, 5.41) is 0.178. The molecule has 1 aromatic rings. The molecule has 1 aromatic carbocycles. The van der Waals surface area contributed by atoms with Crippen molar-refractivity contribution >= 4 is 14.3 Å². The summed E-state index contributed by atoms with van der Waals surface area (Å²) in [6.45, 7) is 17.6. The lowest BCUT2D eigenvalue weighted by molar-refractivity contribution is -0.151. The van der Waals surface area contributed by atoms with Crippen molar-refractivity contribution in [2.75, 3.05) is 6.61 Å². The van der Waals surface area contributed by atoms with Gasteiger partial charge in [0, 0.05) is 0 Å². The molecule has 0 radical (unpaired) electrons. The average Bonchev–Trinajstić information content (AvgIpc) is 3.15. The number of carbonyl (C=O) groups excluding carboxylic acids is 1. The molecule has 33 heavy (non-hydrogen) atoms. The van der Waals surface area contributed by atoms with Crippen LogP contribution in [0.25, 0.3) is 0 Å². The van der Waals surface area contributed by atoms with Crippen LogP contribution in [0.4, 0.5) is 0 Å². The number of hydrogen-bond acceptors (Lipinski definition) is 5. The number of ether oxygens (including phenoxy) is 3. The van der Waals surface area contributed by atoms with Gasteiger partial charge >= 0.3 is 5.97 Å². The highest BCUT2D eigenvalue weighted by molar-refractivity contribution is 6.74. The monoisotopic (exact) mass is 474 g/mol. The predicted octanol–water partition coefficient (Wildman–Crippen LogP) is 6.42. The molecular formula is C27H42O5Si. The fourth-order valence-corrected chi connectivity index (χ4v) is 5.47. The summed E-state index contributed by atoms with van der Waals surface area (Å²) in [4.78, 5) is 12.4. The Morgan fingerprint density at radius 1 is 1.18 bits per heavy atom. The van der Waals surface area contributed by atoms with Gasteiger partial charge in [0.15, 0.2) is 5.79 Å². The van der Waals surface area contributed by atoms with Crippen LogP contribution >= 0.6 is 0 Å². The van der Waals surface area contributed by atoms with E-state index in [4.69, 9.17) is 18.6 Å². The van der Waals surface area contributed by atoms with E-state index in [1.54, 1.807) is 0 Å². The summed E-state index contributed by atoms with van der Waals surface area (Å²) in [7, 11) is -1.82. The van der Waals surface area contributed by atoms with Crippen LogP contribution in [-0.4, -0.2) is 38.9 Å². The largest absolute Gasteiger partial charge is 0.544 e. The maximum absolute atomic E-state index is 12.4. The van der Waals surface area contributed by atoms with Crippen molar-refractivity contribution in [1.82, 2.24) is 0 Å². The number of esters is 1. The molecule has 0 amide bonds. The van der Waals surface area contributed by atoms with Gasteiger partial charge in [0.05, 0.1) is 19.1 Å². The van der Waals surface area contributed by atoms with Gasteiger partial charge < -0.3 is 18.6 Å². The Morgan fingerprint density at radius 2 is 1.85 bits per heavy atom. The number of allylic oxidation sites excluding steroid dienone is 1. The summed E-state index contributed by atoms with van der Waals surface area (Å²) < 4.78 is 23.9. The minimum absolute atomic E-state index is 0.0348. The third-order valence-electron chi connectivity index (χ3n) is 7.22. The van der Waals surface area contributed by atoms with Gasteiger partial charge in [-0.25, -0.2) is 0 Å². The van der Waals surface area contributed by atoms with Gasteiger partial charge in [0.2, 0.25) is 8.32 Å². The molecule has 1 saturated heterocycles. The van der Waals surface area contributed by atoms with Crippen LogP contribution in [0.1, 0.15) is 66.4 Å². The molecule has 0 spiro atoms.